The van der Waals surface area contributed by atoms with Crippen LogP contribution in [-0.4, -0.2) is 30.5 Å². The van der Waals surface area contributed by atoms with E-state index in [1.807, 2.05) is 18.2 Å². The zero-order valence-electron chi connectivity index (χ0n) is 19.1. The van der Waals surface area contributed by atoms with E-state index in [2.05, 4.69) is 58.5 Å². The van der Waals surface area contributed by atoms with Crippen LogP contribution < -0.4 is 15.4 Å². The zero-order chi connectivity index (χ0) is 23.5. The summed E-state index contributed by atoms with van der Waals surface area (Å²) in [5.74, 6) is 1.68. The lowest BCUT2D eigenvalue weighted by atomic mass is 10.1. The second-order valence-corrected chi connectivity index (χ2v) is 8.45. The number of hydrogen-bond acceptors (Lipinski definition) is 6. The normalized spacial score (nSPS) is 13.2. The Hall–Kier alpha value is -3.32. The van der Waals surface area contributed by atoms with E-state index in [4.69, 9.17) is 4.74 Å². The summed E-state index contributed by atoms with van der Waals surface area (Å²) < 4.78 is 5.97. The maximum Gasteiger partial charge on any atom is 0.269 e. The molecule has 0 saturated carbocycles. The first-order valence-corrected chi connectivity index (χ1v) is 12.0. The lowest BCUT2D eigenvalue weighted by Gasteiger charge is -2.09. The molecule has 1 heterocycles. The minimum Gasteiger partial charge on any atom is -0.458 e. The summed E-state index contributed by atoms with van der Waals surface area (Å²) in [6.45, 7) is 5.94. The molecule has 3 rings (SSSR count). The largest absolute Gasteiger partial charge is 0.458 e. The summed E-state index contributed by atoms with van der Waals surface area (Å²) in [5, 5.41) is 6.02. The van der Waals surface area contributed by atoms with Crippen molar-refractivity contribution >= 4 is 30.1 Å². The number of anilines is 1. The van der Waals surface area contributed by atoms with E-state index in [0.29, 0.717) is 29.5 Å². The highest BCUT2D eigenvalue weighted by atomic mass is 32.2. The van der Waals surface area contributed by atoms with Crippen LogP contribution in [0, 0.1) is 0 Å². The van der Waals surface area contributed by atoms with Gasteiger partial charge < -0.3 is 15.4 Å². The molecule has 0 unspecified atom stereocenters. The molecular weight excluding hydrogens is 432 g/mol. The van der Waals surface area contributed by atoms with Crippen molar-refractivity contribution in [1.82, 2.24) is 10.3 Å². The third-order valence-electron chi connectivity index (χ3n) is 5.07. The quantitative estimate of drug-likeness (QED) is 0.330. The van der Waals surface area contributed by atoms with Crippen molar-refractivity contribution in [2.45, 2.75) is 32.6 Å². The number of allylic oxidation sites excluding steroid dienone is 3. The van der Waals surface area contributed by atoms with Crippen LogP contribution in [0.3, 0.4) is 0 Å². The van der Waals surface area contributed by atoms with E-state index in [1.54, 1.807) is 37.1 Å². The molecule has 1 aromatic heterocycles. The molecule has 0 atom stereocenters. The van der Waals surface area contributed by atoms with E-state index in [0.717, 1.165) is 22.7 Å². The number of aromatic nitrogens is 1. The number of nitrogens with one attached hydrogen (secondary N) is 2. The average Bonchev–Trinajstić information content (AvgIpc) is 3.05. The predicted molar refractivity (Wildman–Crippen MR) is 138 cm³/mol. The number of thioether (sulfide) groups is 1. The second kappa shape index (κ2) is 12.6. The maximum absolute atomic E-state index is 11.8. The minimum absolute atomic E-state index is 0.257. The number of nitrogens with zero attached hydrogens (tertiary/aromatic N) is 2. The summed E-state index contributed by atoms with van der Waals surface area (Å²) in [4.78, 5) is 21.1. The molecule has 1 amide bonds. The molecular formula is C26H30N4O2S. The number of ether oxygens (including phenoxy) is 1. The van der Waals surface area contributed by atoms with Crippen LogP contribution >= 0.6 is 11.8 Å². The number of carbonyl (C=O) groups is 1. The second-order valence-electron chi connectivity index (χ2n) is 7.44. The van der Waals surface area contributed by atoms with Gasteiger partial charge >= 0.3 is 0 Å². The molecule has 33 heavy (non-hydrogen) atoms. The van der Waals surface area contributed by atoms with Gasteiger partial charge in [0.1, 0.15) is 17.2 Å². The summed E-state index contributed by atoms with van der Waals surface area (Å²) in [5.41, 5.74) is 3.67. The highest BCUT2D eigenvalue weighted by Crippen LogP contribution is 2.29. The van der Waals surface area contributed by atoms with Crippen molar-refractivity contribution < 1.29 is 9.53 Å². The first-order valence-electron chi connectivity index (χ1n) is 11.0. The molecule has 172 valence electrons. The van der Waals surface area contributed by atoms with Crippen molar-refractivity contribution in [2.75, 3.05) is 18.2 Å². The van der Waals surface area contributed by atoms with E-state index < -0.39 is 0 Å². The van der Waals surface area contributed by atoms with Crippen molar-refractivity contribution in [3.63, 3.8) is 0 Å². The minimum atomic E-state index is -0.257. The molecule has 1 aliphatic rings. The number of carbonyl (C=O) groups excluding carboxylic acids is 1. The van der Waals surface area contributed by atoms with Gasteiger partial charge in [-0.15, -0.1) is 11.8 Å². The van der Waals surface area contributed by atoms with Gasteiger partial charge in [-0.1, -0.05) is 25.5 Å². The Morgan fingerprint density at radius 2 is 2.06 bits per heavy atom. The molecule has 2 N–H and O–H groups in total. The summed E-state index contributed by atoms with van der Waals surface area (Å²) >= 11 is 1.67. The number of aliphatic imine (C=N–C) groups is 1. The first-order chi connectivity index (χ1) is 16.1. The smallest absolute Gasteiger partial charge is 0.269 e. The molecule has 0 fully saturated rings. The average molecular weight is 463 g/mol. The highest BCUT2D eigenvalue weighted by molar-refractivity contribution is 8.03. The number of aryl methyl sites for hydroxylation is 1. The highest BCUT2D eigenvalue weighted by Gasteiger charge is 2.11. The Morgan fingerprint density at radius 1 is 1.24 bits per heavy atom. The monoisotopic (exact) mass is 462 g/mol. The third kappa shape index (κ3) is 7.36. The fraction of sp³-hybridized carbons (Fsp3) is 0.269. The fourth-order valence-corrected chi connectivity index (χ4v) is 4.07. The molecule has 0 radical (unpaired) electrons. The molecule has 2 aromatic rings. The standard InChI is InChI=1S/C26H30N4O2S/c1-4-5-6-19-7-9-20(10-8-19)30-18-33-25-14-12-21(11-13-23(25)27-2)32-22-15-16-29-24(17-22)26(31)28-3/h7-12,14-17,30H,2,4-6,13,18H2,1,3H3,(H,28,31). The van der Waals surface area contributed by atoms with Crippen LogP contribution in [0.25, 0.3) is 0 Å². The topological polar surface area (TPSA) is 75.6 Å². The van der Waals surface area contributed by atoms with Gasteiger partial charge in [0.15, 0.2) is 0 Å². The number of rotatable bonds is 11. The van der Waals surface area contributed by atoms with E-state index in [9.17, 15) is 4.79 Å². The van der Waals surface area contributed by atoms with Crippen LogP contribution in [-0.2, 0) is 6.42 Å². The number of benzene rings is 1. The molecule has 0 bridgehead atoms. The van der Waals surface area contributed by atoms with Crippen LogP contribution in [0.5, 0.6) is 5.75 Å². The van der Waals surface area contributed by atoms with Gasteiger partial charge in [-0.3, -0.25) is 14.8 Å². The molecule has 1 aliphatic carbocycles. The van der Waals surface area contributed by atoms with Crippen LogP contribution in [0.4, 0.5) is 5.69 Å². The fourth-order valence-electron chi connectivity index (χ4n) is 3.20. The van der Waals surface area contributed by atoms with Gasteiger partial charge in [-0.25, -0.2) is 0 Å². The zero-order valence-corrected chi connectivity index (χ0v) is 20.0. The van der Waals surface area contributed by atoms with Crippen molar-refractivity contribution in [3.05, 3.63) is 88.4 Å². The lowest BCUT2D eigenvalue weighted by Crippen LogP contribution is -2.19. The Labute approximate surface area is 200 Å². The molecule has 0 aliphatic heterocycles. The Balaban J connectivity index is 1.58. The third-order valence-corrected chi connectivity index (χ3v) is 6.05. The van der Waals surface area contributed by atoms with Crippen molar-refractivity contribution in [1.29, 1.82) is 0 Å². The van der Waals surface area contributed by atoms with Gasteiger partial charge in [0.05, 0.1) is 11.6 Å². The molecule has 1 aromatic carbocycles. The van der Waals surface area contributed by atoms with Gasteiger partial charge in [0, 0.05) is 36.3 Å². The Bertz CT molecular complexity index is 1060. The van der Waals surface area contributed by atoms with Crippen molar-refractivity contribution in [3.8, 4) is 5.75 Å². The number of amides is 1. The molecule has 0 saturated heterocycles. The van der Waals surface area contributed by atoms with E-state index >= 15 is 0 Å². The first kappa shape index (κ1) is 24.3. The summed E-state index contributed by atoms with van der Waals surface area (Å²) in [6.07, 6.45) is 11.6. The molecule has 0 spiro atoms. The van der Waals surface area contributed by atoms with Crippen LogP contribution in [0.15, 0.2) is 82.2 Å². The van der Waals surface area contributed by atoms with E-state index in [-0.39, 0.29) is 5.91 Å². The Kier molecular flexibility index (Phi) is 9.32. The summed E-state index contributed by atoms with van der Waals surface area (Å²) in [6, 6.07) is 12.0. The van der Waals surface area contributed by atoms with Gasteiger partial charge in [-0.05, 0) is 61.5 Å². The number of hydrogen-bond donors (Lipinski definition) is 2. The Morgan fingerprint density at radius 3 is 2.79 bits per heavy atom. The predicted octanol–water partition coefficient (Wildman–Crippen LogP) is 5.72. The van der Waals surface area contributed by atoms with Gasteiger partial charge in [0.2, 0.25) is 0 Å². The number of pyridine rings is 1. The summed E-state index contributed by atoms with van der Waals surface area (Å²) in [7, 11) is 1.57. The molecule has 7 heteroatoms. The maximum atomic E-state index is 11.8. The van der Waals surface area contributed by atoms with Crippen LogP contribution in [0.2, 0.25) is 0 Å². The van der Waals surface area contributed by atoms with Crippen LogP contribution in [0.1, 0.15) is 42.2 Å². The van der Waals surface area contributed by atoms with Crippen molar-refractivity contribution in [2.24, 2.45) is 4.99 Å². The lowest BCUT2D eigenvalue weighted by molar-refractivity contribution is 0.0958. The van der Waals surface area contributed by atoms with Gasteiger partial charge in [0.25, 0.3) is 5.91 Å². The molecule has 6 nitrogen and oxygen atoms in total. The number of unbranched alkanes of at least 4 members (excludes halogenated alkanes) is 1. The van der Waals surface area contributed by atoms with E-state index in [1.165, 1.54) is 18.4 Å². The SMILES string of the molecule is C=NC1=C(SCNc2ccc(CCCC)cc2)C=CC(Oc2ccnc(C(=O)NC)c2)=CC1. The van der Waals surface area contributed by atoms with Gasteiger partial charge in [-0.2, -0.15) is 0 Å².